The van der Waals surface area contributed by atoms with E-state index in [0.717, 1.165) is 5.75 Å². The molecule has 0 aromatic carbocycles. The van der Waals surface area contributed by atoms with Crippen LogP contribution in [0.2, 0.25) is 0 Å². The van der Waals surface area contributed by atoms with Crippen LogP contribution in [0.3, 0.4) is 0 Å². The van der Waals surface area contributed by atoms with Crippen LogP contribution in [-0.4, -0.2) is 95.8 Å². The Morgan fingerprint density at radius 3 is 2.09 bits per heavy atom. The van der Waals surface area contributed by atoms with Gasteiger partial charge in [-0.05, 0) is 44.4 Å². The number of rotatable bonds is 19. The van der Waals surface area contributed by atoms with Crippen molar-refractivity contribution >= 4 is 46.7 Å². The fourth-order valence-electron chi connectivity index (χ4n) is 4.50. The first kappa shape index (κ1) is 41.7. The van der Waals surface area contributed by atoms with Gasteiger partial charge >= 0.3 is 12.2 Å². The molecule has 0 radical (unpaired) electrons. The molecule has 1 rings (SSSR count). The number of carbonyl (C=O) groups excluding carboxylic acids is 5. The minimum atomic E-state index is -1.30. The lowest BCUT2D eigenvalue weighted by atomic mass is 9.91. The Labute approximate surface area is 283 Å². The molecular weight excluding hydrogens is 628 g/mol. The minimum Gasteiger partial charge on any atom is -0.442 e. The third kappa shape index (κ3) is 16.9. The summed E-state index contributed by atoms with van der Waals surface area (Å²) < 4.78 is 10.1. The smallest absolute Gasteiger partial charge is 0.412 e. The predicted molar refractivity (Wildman–Crippen MR) is 183 cm³/mol. The molecule has 1 aliphatic rings. The molecule has 0 saturated heterocycles. The highest BCUT2D eigenvalue weighted by molar-refractivity contribution is 8.14. The van der Waals surface area contributed by atoms with E-state index in [1.807, 2.05) is 48.5 Å². The summed E-state index contributed by atoms with van der Waals surface area (Å²) in [7, 11) is 0. The molecule has 1 heterocycles. The van der Waals surface area contributed by atoms with Gasteiger partial charge in [-0.2, -0.15) is 0 Å². The summed E-state index contributed by atoms with van der Waals surface area (Å²) >= 11 is 1.48. The van der Waals surface area contributed by atoms with Crippen molar-refractivity contribution in [1.29, 1.82) is 0 Å². The van der Waals surface area contributed by atoms with Crippen LogP contribution in [0.25, 0.3) is 0 Å². The highest BCUT2D eigenvalue weighted by Gasteiger charge is 2.32. The number of hydrogen-bond acceptors (Lipinski definition) is 10. The van der Waals surface area contributed by atoms with Crippen molar-refractivity contribution in [2.24, 2.45) is 28.7 Å². The molecule has 0 aromatic heterocycles. The number of hydrogen-bond donors (Lipinski definition) is 6. The van der Waals surface area contributed by atoms with E-state index in [9.17, 15) is 29.1 Å². The summed E-state index contributed by atoms with van der Waals surface area (Å²) in [6.07, 6.45) is -2.57. The normalized spacial score (nSPS) is 17.6. The summed E-state index contributed by atoms with van der Waals surface area (Å²) in [5.74, 6) is -1.02. The monoisotopic (exact) mass is 684 g/mol. The molecule has 15 heteroatoms. The zero-order valence-electron chi connectivity index (χ0n) is 29.3. The zero-order valence-corrected chi connectivity index (χ0v) is 30.1. The van der Waals surface area contributed by atoms with Crippen molar-refractivity contribution in [3.05, 3.63) is 12.3 Å². The third-order valence-electron chi connectivity index (χ3n) is 7.00. The maximum atomic E-state index is 13.5. The molecule has 14 nitrogen and oxygen atoms in total. The number of aliphatic hydroxyl groups is 1. The van der Waals surface area contributed by atoms with E-state index < -0.39 is 54.1 Å². The molecule has 5 amide bonds. The first-order valence-electron chi connectivity index (χ1n) is 16.2. The second-order valence-electron chi connectivity index (χ2n) is 13.2. The SMILES string of the molecule is C=C(C)OC(=O)NC[C@H](NC(=O)OCC1=NC(C)CS1)C(=O)N[C@@H](CC(C)C)[C@@H](O)C[C@@H](C)C(=O)N[C@H](C(=O)NCC(C)C)C(C)C. The van der Waals surface area contributed by atoms with Crippen LogP contribution in [0, 0.1) is 23.7 Å². The van der Waals surface area contributed by atoms with Crippen LogP contribution in [0.5, 0.6) is 0 Å². The molecular formula is C32H56N6O8S. The maximum absolute atomic E-state index is 13.5. The van der Waals surface area contributed by atoms with Crippen molar-refractivity contribution < 1.29 is 38.6 Å². The number of amides is 5. The Bertz CT molecular complexity index is 1120. The highest BCUT2D eigenvalue weighted by Crippen LogP contribution is 2.18. The van der Waals surface area contributed by atoms with E-state index in [0.29, 0.717) is 18.0 Å². The first-order valence-corrected chi connectivity index (χ1v) is 17.2. The predicted octanol–water partition coefficient (Wildman–Crippen LogP) is 2.71. The molecule has 1 aliphatic heterocycles. The largest absolute Gasteiger partial charge is 0.442 e. The molecule has 268 valence electrons. The first-order chi connectivity index (χ1) is 21.9. The van der Waals surface area contributed by atoms with Gasteiger partial charge in [-0.15, -0.1) is 11.8 Å². The number of alkyl carbamates (subject to hydrolysis) is 2. The van der Waals surface area contributed by atoms with Gasteiger partial charge in [-0.1, -0.05) is 55.0 Å². The van der Waals surface area contributed by atoms with E-state index in [1.165, 1.54) is 18.7 Å². The number of ether oxygens (including phenoxy) is 2. The van der Waals surface area contributed by atoms with Gasteiger partial charge in [0.15, 0.2) is 0 Å². The minimum absolute atomic E-state index is 0.0105. The van der Waals surface area contributed by atoms with Crippen LogP contribution in [0.15, 0.2) is 17.3 Å². The van der Waals surface area contributed by atoms with Gasteiger partial charge in [-0.3, -0.25) is 19.4 Å². The highest BCUT2D eigenvalue weighted by atomic mass is 32.2. The van der Waals surface area contributed by atoms with Crippen molar-refractivity contribution in [3.8, 4) is 0 Å². The average Bonchev–Trinajstić information content (AvgIpc) is 3.38. The molecule has 0 aliphatic carbocycles. The number of aliphatic hydroxyl groups excluding tert-OH is 1. The summed E-state index contributed by atoms with van der Waals surface area (Å²) in [5.41, 5.74) is 0. The molecule has 0 saturated carbocycles. The van der Waals surface area contributed by atoms with Gasteiger partial charge in [0, 0.05) is 18.2 Å². The molecule has 6 N–H and O–H groups in total. The molecule has 0 aromatic rings. The summed E-state index contributed by atoms with van der Waals surface area (Å²) in [4.78, 5) is 68.4. The van der Waals surface area contributed by atoms with Gasteiger partial charge in [0.1, 0.15) is 23.7 Å². The number of carbonyl (C=O) groups is 5. The van der Waals surface area contributed by atoms with E-state index in [2.05, 4.69) is 38.2 Å². The standard InChI is InChI=1S/C32H56N6O8S/c1-17(2)11-23(25(39)12-21(9)28(40)38-27(19(5)6)30(42)33-13-18(3)4)36-29(41)24(14-34-31(43)46-20(7)8)37-32(44)45-15-26-35-22(10)16-47-26/h17-19,21-25,27,39H,7,11-16H2,1-6,8-10H3,(H,33,42)(H,34,43)(H,36,41)(H,37,44)(H,38,40)/t21-,22?,23+,24+,25+,27+/m1/s1. The molecule has 6 atom stereocenters. The van der Waals surface area contributed by atoms with Gasteiger partial charge in [0.25, 0.3) is 0 Å². The van der Waals surface area contributed by atoms with E-state index in [1.54, 1.807) is 6.92 Å². The van der Waals surface area contributed by atoms with Gasteiger partial charge in [0.05, 0.1) is 30.5 Å². The second-order valence-corrected chi connectivity index (χ2v) is 14.3. The van der Waals surface area contributed by atoms with Crippen LogP contribution in [-0.2, 0) is 23.9 Å². The number of nitrogens with one attached hydrogen (secondary N) is 5. The van der Waals surface area contributed by atoms with E-state index in [4.69, 9.17) is 9.47 Å². The van der Waals surface area contributed by atoms with Crippen LogP contribution >= 0.6 is 11.8 Å². The fraction of sp³-hybridized carbons (Fsp3) is 0.750. The molecule has 0 spiro atoms. The quantitative estimate of drug-likeness (QED) is 0.111. The molecule has 0 fully saturated rings. The molecule has 1 unspecified atom stereocenters. The van der Waals surface area contributed by atoms with Crippen molar-refractivity contribution in [1.82, 2.24) is 26.6 Å². The fourth-order valence-corrected chi connectivity index (χ4v) is 5.40. The summed E-state index contributed by atoms with van der Waals surface area (Å²) in [6, 6.07) is -2.73. The third-order valence-corrected chi connectivity index (χ3v) is 8.21. The Kier molecular flexibility index (Phi) is 18.5. The molecule has 0 bridgehead atoms. The average molecular weight is 685 g/mol. The Morgan fingerprint density at radius 2 is 1.55 bits per heavy atom. The molecule has 47 heavy (non-hydrogen) atoms. The Hall–Kier alpha value is -3.33. The van der Waals surface area contributed by atoms with Gasteiger partial charge in [0.2, 0.25) is 17.7 Å². The van der Waals surface area contributed by atoms with E-state index in [-0.39, 0.29) is 55.0 Å². The van der Waals surface area contributed by atoms with Crippen LogP contribution in [0.1, 0.15) is 75.2 Å². The van der Waals surface area contributed by atoms with E-state index >= 15 is 0 Å². The Balaban J connectivity index is 2.99. The number of allylic oxidation sites excluding steroid dienone is 1. The lowest BCUT2D eigenvalue weighted by Crippen LogP contribution is -2.57. The summed E-state index contributed by atoms with van der Waals surface area (Å²) in [5, 5.41) is 25.2. The van der Waals surface area contributed by atoms with Gasteiger partial charge in [-0.25, -0.2) is 9.59 Å². The number of nitrogens with zero attached hydrogens (tertiary/aromatic N) is 1. The number of aliphatic imine (C=N–C) groups is 1. The lowest BCUT2D eigenvalue weighted by molar-refractivity contribution is -0.132. The number of thioether (sulfide) groups is 1. The summed E-state index contributed by atoms with van der Waals surface area (Å²) in [6.45, 7) is 20.1. The lowest BCUT2D eigenvalue weighted by Gasteiger charge is -2.30. The van der Waals surface area contributed by atoms with Crippen LogP contribution in [0.4, 0.5) is 9.59 Å². The van der Waals surface area contributed by atoms with Crippen molar-refractivity contribution in [3.63, 3.8) is 0 Å². The van der Waals surface area contributed by atoms with Crippen molar-refractivity contribution in [2.45, 2.75) is 105 Å². The topological polar surface area (TPSA) is 197 Å². The van der Waals surface area contributed by atoms with Crippen molar-refractivity contribution in [2.75, 3.05) is 25.4 Å². The van der Waals surface area contributed by atoms with Crippen LogP contribution < -0.4 is 26.6 Å². The zero-order chi connectivity index (χ0) is 35.8. The Morgan fingerprint density at radius 1 is 0.894 bits per heavy atom. The second kappa shape index (κ2) is 20.8. The van der Waals surface area contributed by atoms with Gasteiger partial charge < -0.3 is 41.2 Å². The maximum Gasteiger partial charge on any atom is 0.412 e.